The lowest BCUT2D eigenvalue weighted by Gasteiger charge is -2.00. The molecule has 0 aliphatic carbocycles. The topological polar surface area (TPSA) is 52.0 Å². The van der Waals surface area contributed by atoms with Gasteiger partial charge < -0.3 is 11.5 Å². The fraction of sp³-hybridized carbons (Fsp3) is 0.111. The molecule has 0 amide bonds. The number of halogens is 1. The van der Waals surface area contributed by atoms with E-state index in [2.05, 4.69) is 0 Å². The molecule has 0 saturated carbocycles. The van der Waals surface area contributed by atoms with Gasteiger partial charge in [0.2, 0.25) is 0 Å². The molecule has 1 aromatic rings. The minimum Gasteiger partial charge on any atom is -0.398 e. The maximum atomic E-state index is 13.0. The predicted molar refractivity (Wildman–Crippen MR) is 48.9 cm³/mol. The average Bonchev–Trinajstić information content (AvgIpc) is 2.04. The molecular formula is C9H11FN2. The Hall–Kier alpha value is -1.35. The van der Waals surface area contributed by atoms with Crippen LogP contribution in [0, 0.1) is 5.82 Å². The molecule has 1 rings (SSSR count). The summed E-state index contributed by atoms with van der Waals surface area (Å²) in [6.07, 6.45) is 3.25. The fourth-order valence-electron chi connectivity index (χ4n) is 0.915. The van der Waals surface area contributed by atoms with Gasteiger partial charge in [0.1, 0.15) is 5.82 Å². The molecule has 0 aromatic heterocycles. The zero-order valence-electron chi connectivity index (χ0n) is 6.63. The smallest absolute Gasteiger partial charge is 0.132 e. The summed E-state index contributed by atoms with van der Waals surface area (Å²) in [5.74, 6) is -0.320. The molecule has 0 radical (unpaired) electrons. The van der Waals surface area contributed by atoms with Crippen LogP contribution in [-0.4, -0.2) is 6.54 Å². The maximum Gasteiger partial charge on any atom is 0.132 e. The lowest BCUT2D eigenvalue weighted by Crippen LogP contribution is -1.95. The van der Waals surface area contributed by atoms with E-state index in [1.165, 1.54) is 6.07 Å². The van der Waals surface area contributed by atoms with Gasteiger partial charge >= 0.3 is 0 Å². The predicted octanol–water partition coefficient (Wildman–Crippen LogP) is 1.38. The number of nitrogen functional groups attached to an aromatic ring is 1. The zero-order valence-corrected chi connectivity index (χ0v) is 6.63. The van der Waals surface area contributed by atoms with Gasteiger partial charge in [-0.05, 0) is 12.1 Å². The maximum absolute atomic E-state index is 13.0. The van der Waals surface area contributed by atoms with Gasteiger partial charge in [-0.3, -0.25) is 0 Å². The van der Waals surface area contributed by atoms with Gasteiger partial charge in [-0.15, -0.1) is 0 Å². The van der Waals surface area contributed by atoms with Crippen LogP contribution in [0.25, 0.3) is 6.08 Å². The number of hydrogen-bond donors (Lipinski definition) is 2. The molecule has 0 spiro atoms. The first-order valence-electron chi connectivity index (χ1n) is 3.66. The molecular weight excluding hydrogens is 155 g/mol. The minimum atomic E-state index is -0.320. The Morgan fingerprint density at radius 1 is 1.42 bits per heavy atom. The van der Waals surface area contributed by atoms with Gasteiger partial charge in [-0.1, -0.05) is 18.2 Å². The Morgan fingerprint density at radius 2 is 2.17 bits per heavy atom. The van der Waals surface area contributed by atoms with Gasteiger partial charge in [0.15, 0.2) is 0 Å². The minimum absolute atomic E-state index is 0.320. The van der Waals surface area contributed by atoms with Crippen LogP contribution in [0.2, 0.25) is 0 Å². The molecule has 0 unspecified atom stereocenters. The fourth-order valence-corrected chi connectivity index (χ4v) is 0.915. The van der Waals surface area contributed by atoms with Crippen molar-refractivity contribution in [3.05, 3.63) is 35.7 Å². The van der Waals surface area contributed by atoms with Crippen LogP contribution in [0.4, 0.5) is 10.1 Å². The van der Waals surface area contributed by atoms with Crippen molar-refractivity contribution in [1.29, 1.82) is 0 Å². The standard InChI is InChI=1S/C9H11FN2/c10-8-4-1-5-9(12)7(8)3-2-6-11/h1-5H,6,11-12H2. The van der Waals surface area contributed by atoms with Crippen LogP contribution < -0.4 is 11.5 Å². The van der Waals surface area contributed by atoms with Crippen molar-refractivity contribution in [3.63, 3.8) is 0 Å². The third kappa shape index (κ3) is 1.83. The number of benzene rings is 1. The summed E-state index contributed by atoms with van der Waals surface area (Å²) in [7, 11) is 0. The molecule has 0 atom stereocenters. The molecule has 12 heavy (non-hydrogen) atoms. The first-order chi connectivity index (χ1) is 5.75. The second-order valence-electron chi connectivity index (χ2n) is 2.38. The molecule has 1 aromatic carbocycles. The van der Waals surface area contributed by atoms with Crippen LogP contribution in [0.5, 0.6) is 0 Å². The summed E-state index contributed by atoms with van der Waals surface area (Å²) in [6, 6.07) is 4.59. The Kier molecular flexibility index (Phi) is 2.82. The summed E-state index contributed by atoms with van der Waals surface area (Å²) in [6.45, 7) is 0.383. The molecule has 0 heterocycles. The third-order valence-corrected chi connectivity index (χ3v) is 1.51. The van der Waals surface area contributed by atoms with Gasteiger partial charge in [0.05, 0.1) is 0 Å². The lowest BCUT2D eigenvalue weighted by molar-refractivity contribution is 0.626. The Morgan fingerprint density at radius 3 is 2.75 bits per heavy atom. The first kappa shape index (κ1) is 8.74. The van der Waals surface area contributed by atoms with Crippen molar-refractivity contribution in [1.82, 2.24) is 0 Å². The molecule has 0 aliphatic heterocycles. The van der Waals surface area contributed by atoms with Crippen molar-refractivity contribution in [3.8, 4) is 0 Å². The normalized spacial score (nSPS) is 10.8. The first-order valence-corrected chi connectivity index (χ1v) is 3.66. The molecule has 64 valence electrons. The van der Waals surface area contributed by atoms with Crippen molar-refractivity contribution >= 4 is 11.8 Å². The van der Waals surface area contributed by atoms with E-state index in [-0.39, 0.29) is 5.82 Å². The van der Waals surface area contributed by atoms with E-state index >= 15 is 0 Å². The van der Waals surface area contributed by atoms with Crippen molar-refractivity contribution in [2.24, 2.45) is 5.73 Å². The summed E-state index contributed by atoms with van der Waals surface area (Å²) < 4.78 is 13.0. The van der Waals surface area contributed by atoms with Gasteiger partial charge in [0.25, 0.3) is 0 Å². The van der Waals surface area contributed by atoms with E-state index < -0.39 is 0 Å². The SMILES string of the molecule is NCC=Cc1c(N)cccc1F. The zero-order chi connectivity index (χ0) is 8.97. The van der Waals surface area contributed by atoms with Gasteiger partial charge in [-0.25, -0.2) is 4.39 Å². The van der Waals surface area contributed by atoms with Crippen molar-refractivity contribution in [2.45, 2.75) is 0 Å². The van der Waals surface area contributed by atoms with Gasteiger partial charge in [0, 0.05) is 17.8 Å². The van der Waals surface area contributed by atoms with Crippen LogP contribution >= 0.6 is 0 Å². The summed E-state index contributed by atoms with van der Waals surface area (Å²) >= 11 is 0. The average molecular weight is 166 g/mol. The number of hydrogen-bond acceptors (Lipinski definition) is 2. The van der Waals surface area contributed by atoms with Crippen LogP contribution in [0.3, 0.4) is 0 Å². The third-order valence-electron chi connectivity index (χ3n) is 1.51. The van der Waals surface area contributed by atoms with Crippen LogP contribution in [-0.2, 0) is 0 Å². The monoisotopic (exact) mass is 166 g/mol. The Balaban J connectivity index is 3.04. The van der Waals surface area contributed by atoms with Crippen molar-refractivity contribution < 1.29 is 4.39 Å². The Labute approximate surface area is 70.7 Å². The highest BCUT2D eigenvalue weighted by Gasteiger charge is 2.00. The van der Waals surface area contributed by atoms with E-state index in [1.54, 1.807) is 24.3 Å². The highest BCUT2D eigenvalue weighted by atomic mass is 19.1. The Bertz CT molecular complexity index is 274. The van der Waals surface area contributed by atoms with E-state index in [0.29, 0.717) is 17.8 Å². The number of rotatable bonds is 2. The second-order valence-corrected chi connectivity index (χ2v) is 2.38. The van der Waals surface area contributed by atoms with E-state index in [0.717, 1.165) is 0 Å². The number of anilines is 1. The van der Waals surface area contributed by atoms with Crippen LogP contribution in [0.1, 0.15) is 5.56 Å². The quantitative estimate of drug-likeness (QED) is 0.652. The molecule has 2 nitrogen and oxygen atoms in total. The number of nitrogens with two attached hydrogens (primary N) is 2. The van der Waals surface area contributed by atoms with Gasteiger partial charge in [-0.2, -0.15) is 0 Å². The highest BCUT2D eigenvalue weighted by molar-refractivity contribution is 5.64. The lowest BCUT2D eigenvalue weighted by atomic mass is 10.1. The van der Waals surface area contributed by atoms with Crippen LogP contribution in [0.15, 0.2) is 24.3 Å². The summed E-state index contributed by atoms with van der Waals surface area (Å²) in [5.41, 5.74) is 11.6. The molecule has 0 aliphatic rings. The molecule has 4 N–H and O–H groups in total. The molecule has 0 fully saturated rings. The highest BCUT2D eigenvalue weighted by Crippen LogP contribution is 2.16. The summed E-state index contributed by atoms with van der Waals surface area (Å²) in [5, 5.41) is 0. The largest absolute Gasteiger partial charge is 0.398 e. The van der Waals surface area contributed by atoms with Crippen molar-refractivity contribution in [2.75, 3.05) is 12.3 Å². The van der Waals surface area contributed by atoms with E-state index in [9.17, 15) is 4.39 Å². The van der Waals surface area contributed by atoms with E-state index in [4.69, 9.17) is 11.5 Å². The molecule has 0 saturated heterocycles. The summed E-state index contributed by atoms with van der Waals surface area (Å²) in [4.78, 5) is 0. The molecule has 3 heteroatoms. The van der Waals surface area contributed by atoms with E-state index in [1.807, 2.05) is 0 Å². The molecule has 0 bridgehead atoms. The second kappa shape index (κ2) is 3.88.